The van der Waals surface area contributed by atoms with E-state index < -0.39 is 58.5 Å². The van der Waals surface area contributed by atoms with E-state index in [1.54, 1.807) is 0 Å². The monoisotopic (exact) mass is 470 g/mol. The van der Waals surface area contributed by atoms with E-state index >= 15 is 0 Å². The summed E-state index contributed by atoms with van der Waals surface area (Å²) in [7, 11) is 0. The SMILES string of the molecule is O=C(O)c1ccccc1[N+](SC(F)(Cl)Cl)(SC(F)(Cl)Cl)C(F)(F)F. The molecule has 1 rings (SSSR count). The third kappa shape index (κ3) is 5.58. The van der Waals surface area contributed by atoms with Crippen LogP contribution in [0.5, 0.6) is 0 Å². The number of carboxylic acid groups (broad SMARTS) is 1. The molecule has 0 spiro atoms. The molecule has 24 heavy (non-hydrogen) atoms. The lowest BCUT2D eigenvalue weighted by atomic mass is 10.2. The molecule has 3 nitrogen and oxygen atoms in total. The summed E-state index contributed by atoms with van der Waals surface area (Å²) < 4.78 is 58.5. The highest BCUT2D eigenvalue weighted by atomic mass is 35.5. The van der Waals surface area contributed by atoms with Crippen molar-refractivity contribution in [2.75, 3.05) is 0 Å². The molecule has 14 heteroatoms. The number of carbonyl (C=O) groups is 1. The summed E-state index contributed by atoms with van der Waals surface area (Å²) in [6, 6.07) is 3.60. The fraction of sp³-hybridized carbons (Fsp3) is 0.300. The van der Waals surface area contributed by atoms with Gasteiger partial charge in [0.05, 0.1) is 0 Å². The van der Waals surface area contributed by atoms with Gasteiger partial charge in [-0.1, -0.05) is 15.4 Å². The molecule has 0 saturated heterocycles. The maximum atomic E-state index is 13.7. The molecule has 0 fully saturated rings. The molecule has 0 heterocycles. The second kappa shape index (κ2) is 7.42. The first-order valence-corrected chi connectivity index (χ1v) is 8.49. The van der Waals surface area contributed by atoms with Gasteiger partial charge in [-0.25, -0.2) is 4.79 Å². The van der Waals surface area contributed by atoms with E-state index in [-0.39, 0.29) is 0 Å². The predicted molar refractivity (Wildman–Crippen MR) is 87.5 cm³/mol. The Bertz CT molecular complexity index is 604. The van der Waals surface area contributed by atoms with Gasteiger partial charge >= 0.3 is 20.1 Å². The van der Waals surface area contributed by atoms with Gasteiger partial charge in [0.1, 0.15) is 5.56 Å². The van der Waals surface area contributed by atoms with E-state index in [1.165, 1.54) is 0 Å². The van der Waals surface area contributed by atoms with E-state index in [1.807, 2.05) is 0 Å². The fourth-order valence-corrected chi connectivity index (χ4v) is 5.36. The Kier molecular flexibility index (Phi) is 6.86. The Morgan fingerprint density at radius 2 is 1.38 bits per heavy atom. The molecule has 1 aromatic rings. The minimum absolute atomic E-state index is 0.677. The van der Waals surface area contributed by atoms with Crippen molar-refractivity contribution >= 4 is 82.0 Å². The van der Waals surface area contributed by atoms with Crippen LogP contribution >= 0.6 is 70.3 Å². The molecule has 0 aliphatic carbocycles. The lowest BCUT2D eigenvalue weighted by Gasteiger charge is -2.35. The minimum Gasteiger partial charge on any atom is -0.477 e. The number of para-hydroxylation sites is 1. The van der Waals surface area contributed by atoms with Gasteiger partial charge in [-0.2, -0.15) is 8.78 Å². The normalized spacial score (nSPS) is 13.9. The minimum atomic E-state index is -5.51. The highest BCUT2D eigenvalue weighted by Crippen LogP contribution is 2.62. The van der Waals surface area contributed by atoms with Crippen molar-refractivity contribution in [2.24, 2.45) is 0 Å². The largest absolute Gasteiger partial charge is 0.589 e. The van der Waals surface area contributed by atoms with Crippen LogP contribution in [-0.2, 0) is 0 Å². The average molecular weight is 472 g/mol. The van der Waals surface area contributed by atoms with E-state index in [0.29, 0.717) is 6.07 Å². The first-order chi connectivity index (χ1) is 10.6. The van der Waals surface area contributed by atoms with Crippen LogP contribution in [-0.4, -0.2) is 25.2 Å². The van der Waals surface area contributed by atoms with Gasteiger partial charge in [0.2, 0.25) is 0 Å². The summed E-state index contributed by atoms with van der Waals surface area (Å²) in [5.41, 5.74) is -2.01. The number of benzene rings is 1. The molecule has 0 radical (unpaired) electrons. The zero-order chi connectivity index (χ0) is 19.0. The number of aromatic carboxylic acids is 1. The molecule has 0 aliphatic heterocycles. The number of rotatable bonds is 6. The first kappa shape index (κ1) is 22.2. The summed E-state index contributed by atoms with van der Waals surface area (Å²) in [6.45, 7) is 0. The summed E-state index contributed by atoms with van der Waals surface area (Å²) in [5.74, 6) is -1.79. The van der Waals surface area contributed by atoms with Crippen molar-refractivity contribution < 1.29 is 31.9 Å². The third-order valence-corrected chi connectivity index (χ3v) is 5.26. The third-order valence-electron chi connectivity index (χ3n) is 2.25. The Labute approximate surface area is 160 Å². The van der Waals surface area contributed by atoms with Gasteiger partial charge in [-0.05, 0) is 52.5 Å². The van der Waals surface area contributed by atoms with Gasteiger partial charge in [0.15, 0.2) is 29.6 Å². The fourth-order valence-electron chi connectivity index (χ4n) is 1.56. The van der Waals surface area contributed by atoms with Crippen molar-refractivity contribution in [2.45, 2.75) is 14.1 Å². The highest BCUT2D eigenvalue weighted by Gasteiger charge is 2.68. The van der Waals surface area contributed by atoms with Crippen LogP contribution in [0.25, 0.3) is 0 Å². The van der Waals surface area contributed by atoms with Gasteiger partial charge in [0.25, 0.3) is 0 Å². The standard InChI is InChI=1S/C10H4Cl4F5NO2S2/c11-8(12,15)23-20(10(17,18)19,24-9(13,14)16)6-4-2-1-3-5(6)7(21)22/h1-4H/p+1. The Morgan fingerprint density at radius 3 is 1.71 bits per heavy atom. The molecule has 0 amide bonds. The number of hydrogen-bond donors (Lipinski definition) is 1. The molecule has 1 N–H and O–H groups in total. The molecular weight excluding hydrogens is 467 g/mol. The van der Waals surface area contributed by atoms with Crippen molar-refractivity contribution in [3.63, 3.8) is 0 Å². The second-order valence-corrected chi connectivity index (χ2v) is 10.1. The predicted octanol–water partition coefficient (Wildman–Crippen LogP) is 6.63. The van der Waals surface area contributed by atoms with Crippen LogP contribution in [0.2, 0.25) is 0 Å². The lowest BCUT2D eigenvalue weighted by Crippen LogP contribution is -2.51. The Hall–Kier alpha value is 0.160. The number of carboxylic acids is 1. The zero-order valence-corrected chi connectivity index (χ0v) is 15.5. The highest BCUT2D eigenvalue weighted by molar-refractivity contribution is 8.18. The smallest absolute Gasteiger partial charge is 0.477 e. The Morgan fingerprint density at radius 1 is 0.958 bits per heavy atom. The van der Waals surface area contributed by atoms with Gasteiger partial charge in [-0.3, -0.25) is 0 Å². The molecule has 1 aromatic carbocycles. The van der Waals surface area contributed by atoms with Gasteiger partial charge in [0, 0.05) is 6.07 Å². The van der Waals surface area contributed by atoms with Crippen molar-refractivity contribution in [1.82, 2.24) is 3.29 Å². The van der Waals surface area contributed by atoms with Crippen LogP contribution in [0.4, 0.5) is 27.6 Å². The van der Waals surface area contributed by atoms with Crippen LogP contribution in [0.3, 0.4) is 0 Å². The van der Waals surface area contributed by atoms with Crippen LogP contribution in [0.15, 0.2) is 24.3 Å². The van der Waals surface area contributed by atoms with E-state index in [0.717, 1.165) is 18.2 Å². The quantitative estimate of drug-likeness (QED) is 0.166. The zero-order valence-electron chi connectivity index (χ0n) is 10.8. The first-order valence-electron chi connectivity index (χ1n) is 5.43. The van der Waals surface area contributed by atoms with E-state index in [9.17, 15) is 26.7 Å². The summed E-state index contributed by atoms with van der Waals surface area (Å²) in [5, 5.41) is 9.08. The van der Waals surface area contributed by atoms with Crippen LogP contribution in [0, 0.1) is 0 Å². The molecule has 0 bridgehead atoms. The number of alkyl halides is 9. The lowest BCUT2D eigenvalue weighted by molar-refractivity contribution is -0.172. The number of nitrogens with zero attached hydrogens (tertiary/aromatic N) is 1. The maximum absolute atomic E-state index is 13.7. The van der Waals surface area contributed by atoms with E-state index in [2.05, 4.69) is 0 Å². The summed E-state index contributed by atoms with van der Waals surface area (Å²) in [4.78, 5) is 11.2. The Balaban J connectivity index is 3.78. The van der Waals surface area contributed by atoms with Crippen LogP contribution < -0.4 is 3.29 Å². The molecular formula is C10H5Cl4F5NO2S2+. The molecule has 0 saturated carbocycles. The topological polar surface area (TPSA) is 37.3 Å². The van der Waals surface area contributed by atoms with Crippen LogP contribution in [0.1, 0.15) is 10.4 Å². The molecule has 0 aromatic heterocycles. The van der Waals surface area contributed by atoms with Crippen molar-refractivity contribution in [1.29, 1.82) is 0 Å². The maximum Gasteiger partial charge on any atom is 0.589 e. The van der Waals surface area contributed by atoms with E-state index in [4.69, 9.17) is 51.5 Å². The summed E-state index contributed by atoms with van der Waals surface area (Å²) in [6.07, 6.45) is -5.51. The average Bonchev–Trinajstić information content (AvgIpc) is 2.33. The van der Waals surface area contributed by atoms with Gasteiger partial charge in [-0.15, -0.1) is 13.2 Å². The van der Waals surface area contributed by atoms with Crippen molar-refractivity contribution in [3.05, 3.63) is 29.8 Å². The molecule has 0 unspecified atom stereocenters. The number of halogens is 9. The number of hydrogen-bond acceptors (Lipinski definition) is 3. The number of quaternary nitrogens is 1. The molecule has 0 atom stereocenters. The molecule has 136 valence electrons. The second-order valence-electron chi connectivity index (χ2n) is 3.92. The van der Waals surface area contributed by atoms with Crippen molar-refractivity contribution in [3.8, 4) is 0 Å². The summed E-state index contributed by atoms with van der Waals surface area (Å²) >= 11 is 18.3. The molecule has 0 aliphatic rings. The van der Waals surface area contributed by atoms with Gasteiger partial charge < -0.3 is 5.11 Å².